The Hall–Kier alpha value is -1.37. The van der Waals surface area contributed by atoms with E-state index in [4.69, 9.17) is 5.11 Å². The van der Waals surface area contributed by atoms with Crippen LogP contribution in [-0.2, 0) is 5.41 Å². The predicted octanol–water partition coefficient (Wildman–Crippen LogP) is 2.36. The van der Waals surface area contributed by atoms with Crippen molar-refractivity contribution >= 4 is 0 Å². The van der Waals surface area contributed by atoms with E-state index in [9.17, 15) is 5.26 Å². The molecule has 1 fully saturated rings. The Morgan fingerprint density at radius 1 is 1.42 bits per heavy atom. The maximum absolute atomic E-state index is 9.47. The first-order chi connectivity index (χ1) is 9.20. The molecule has 3 nitrogen and oxygen atoms in total. The summed E-state index contributed by atoms with van der Waals surface area (Å²) in [5.41, 5.74) is 0.842. The highest BCUT2D eigenvalue weighted by atomic mass is 16.2. The molecule has 0 heterocycles. The molecule has 0 amide bonds. The second-order valence-electron chi connectivity index (χ2n) is 5.60. The second-order valence-corrected chi connectivity index (χ2v) is 5.60. The minimum absolute atomic E-state index is 0.253. The standard InChI is InChI=1S/C16H22N2O/c1-13(6-5-9-19)18-15-10-16(11-15,12-17)14-7-3-2-4-8-14/h2-4,7-8,13,15,18-19H,5-6,9-11H2,1H3. The maximum Gasteiger partial charge on any atom is 0.0852 e. The van der Waals surface area contributed by atoms with Crippen LogP contribution in [-0.4, -0.2) is 23.8 Å². The second kappa shape index (κ2) is 6.18. The lowest BCUT2D eigenvalue weighted by Crippen LogP contribution is -2.53. The fourth-order valence-electron chi connectivity index (χ4n) is 2.93. The van der Waals surface area contributed by atoms with Gasteiger partial charge in [-0.15, -0.1) is 0 Å². The number of nitrogens with one attached hydrogen (secondary N) is 1. The molecule has 1 aromatic rings. The summed E-state index contributed by atoms with van der Waals surface area (Å²) in [4.78, 5) is 0. The summed E-state index contributed by atoms with van der Waals surface area (Å²) in [6, 6.07) is 13.4. The SMILES string of the molecule is CC(CCCO)NC1CC(C#N)(c2ccccc2)C1. The first-order valence-electron chi connectivity index (χ1n) is 7.04. The zero-order valence-corrected chi connectivity index (χ0v) is 11.5. The van der Waals surface area contributed by atoms with Crippen molar-refractivity contribution in [1.82, 2.24) is 5.32 Å². The molecule has 0 saturated heterocycles. The topological polar surface area (TPSA) is 56.0 Å². The van der Waals surface area contributed by atoms with Crippen LogP contribution >= 0.6 is 0 Å². The summed E-state index contributed by atoms with van der Waals surface area (Å²) in [6.07, 6.45) is 3.59. The normalized spacial score (nSPS) is 27.3. The van der Waals surface area contributed by atoms with Crippen LogP contribution in [0.3, 0.4) is 0 Å². The third kappa shape index (κ3) is 3.15. The number of hydrogen-bond donors (Lipinski definition) is 2. The van der Waals surface area contributed by atoms with E-state index in [0.29, 0.717) is 12.1 Å². The Balaban J connectivity index is 1.88. The van der Waals surface area contributed by atoms with Crippen LogP contribution in [0, 0.1) is 11.3 Å². The maximum atomic E-state index is 9.47. The van der Waals surface area contributed by atoms with Crippen molar-refractivity contribution in [2.45, 2.75) is 50.1 Å². The third-order valence-corrected chi connectivity index (χ3v) is 4.05. The number of benzene rings is 1. The molecule has 2 rings (SSSR count). The number of nitriles is 1. The van der Waals surface area contributed by atoms with E-state index in [0.717, 1.165) is 31.2 Å². The number of nitrogens with zero attached hydrogens (tertiary/aromatic N) is 1. The molecule has 1 aliphatic carbocycles. The zero-order chi connectivity index (χ0) is 13.7. The molecule has 3 heteroatoms. The predicted molar refractivity (Wildman–Crippen MR) is 75.7 cm³/mol. The van der Waals surface area contributed by atoms with Gasteiger partial charge in [0.15, 0.2) is 0 Å². The van der Waals surface area contributed by atoms with Gasteiger partial charge < -0.3 is 10.4 Å². The highest BCUT2D eigenvalue weighted by Crippen LogP contribution is 2.43. The molecule has 0 aromatic heterocycles. The van der Waals surface area contributed by atoms with Gasteiger partial charge in [-0.3, -0.25) is 0 Å². The van der Waals surface area contributed by atoms with E-state index >= 15 is 0 Å². The molecule has 102 valence electrons. The lowest BCUT2D eigenvalue weighted by Gasteiger charge is -2.44. The first-order valence-corrected chi connectivity index (χ1v) is 7.04. The number of aliphatic hydroxyl groups excluding tert-OH is 1. The van der Waals surface area contributed by atoms with Gasteiger partial charge in [0.05, 0.1) is 11.5 Å². The molecule has 2 N–H and O–H groups in total. The van der Waals surface area contributed by atoms with E-state index < -0.39 is 0 Å². The van der Waals surface area contributed by atoms with Crippen LogP contribution in [0.4, 0.5) is 0 Å². The molecule has 0 spiro atoms. The Labute approximate surface area is 115 Å². The molecule has 1 atom stereocenters. The van der Waals surface area contributed by atoms with Gasteiger partial charge >= 0.3 is 0 Å². The lowest BCUT2D eigenvalue weighted by molar-refractivity contribution is 0.203. The van der Waals surface area contributed by atoms with E-state index in [1.807, 2.05) is 18.2 Å². The summed E-state index contributed by atoms with van der Waals surface area (Å²) in [7, 11) is 0. The van der Waals surface area contributed by atoms with Crippen LogP contribution in [0.15, 0.2) is 30.3 Å². The number of hydrogen-bond acceptors (Lipinski definition) is 3. The summed E-state index contributed by atoms with van der Waals surface area (Å²) in [6.45, 7) is 2.40. The molecule has 0 bridgehead atoms. The van der Waals surface area contributed by atoms with Crippen molar-refractivity contribution in [3.05, 3.63) is 35.9 Å². The zero-order valence-electron chi connectivity index (χ0n) is 11.5. The van der Waals surface area contributed by atoms with Crippen molar-refractivity contribution in [3.63, 3.8) is 0 Å². The molecule has 1 aliphatic rings. The number of rotatable bonds is 6. The minimum Gasteiger partial charge on any atom is -0.396 e. The molecule has 0 aliphatic heterocycles. The van der Waals surface area contributed by atoms with Gasteiger partial charge in [0, 0.05) is 18.7 Å². The quantitative estimate of drug-likeness (QED) is 0.823. The van der Waals surface area contributed by atoms with Crippen LogP contribution in [0.25, 0.3) is 0 Å². The molecule has 0 radical (unpaired) electrons. The van der Waals surface area contributed by atoms with Crippen molar-refractivity contribution in [3.8, 4) is 6.07 Å². The smallest absolute Gasteiger partial charge is 0.0852 e. The van der Waals surface area contributed by atoms with Gasteiger partial charge in [-0.25, -0.2) is 0 Å². The molecule has 19 heavy (non-hydrogen) atoms. The Morgan fingerprint density at radius 2 is 2.11 bits per heavy atom. The first kappa shape index (κ1) is 14.0. The molecular formula is C16H22N2O. The molecule has 1 unspecified atom stereocenters. The van der Waals surface area contributed by atoms with Crippen molar-refractivity contribution < 1.29 is 5.11 Å². The van der Waals surface area contributed by atoms with E-state index in [1.165, 1.54) is 0 Å². The largest absolute Gasteiger partial charge is 0.396 e. The highest BCUT2D eigenvalue weighted by Gasteiger charge is 2.46. The van der Waals surface area contributed by atoms with Gasteiger partial charge in [-0.1, -0.05) is 30.3 Å². The van der Waals surface area contributed by atoms with Crippen LogP contribution in [0.5, 0.6) is 0 Å². The Morgan fingerprint density at radius 3 is 2.68 bits per heavy atom. The summed E-state index contributed by atoms with van der Waals surface area (Å²) in [5, 5.41) is 21.8. The lowest BCUT2D eigenvalue weighted by atomic mass is 9.62. The third-order valence-electron chi connectivity index (χ3n) is 4.05. The molecule has 1 saturated carbocycles. The minimum atomic E-state index is -0.296. The summed E-state index contributed by atoms with van der Waals surface area (Å²) in [5.74, 6) is 0. The monoisotopic (exact) mass is 258 g/mol. The van der Waals surface area contributed by atoms with Crippen LogP contribution < -0.4 is 5.32 Å². The van der Waals surface area contributed by atoms with Crippen molar-refractivity contribution in [2.24, 2.45) is 0 Å². The van der Waals surface area contributed by atoms with Gasteiger partial charge in [0.2, 0.25) is 0 Å². The van der Waals surface area contributed by atoms with E-state index in [2.05, 4.69) is 30.4 Å². The number of aliphatic hydroxyl groups is 1. The van der Waals surface area contributed by atoms with Gasteiger partial charge in [0.25, 0.3) is 0 Å². The van der Waals surface area contributed by atoms with Gasteiger partial charge in [0.1, 0.15) is 0 Å². The van der Waals surface area contributed by atoms with E-state index in [1.54, 1.807) is 0 Å². The summed E-state index contributed by atoms with van der Waals surface area (Å²) < 4.78 is 0. The van der Waals surface area contributed by atoms with Gasteiger partial charge in [-0.05, 0) is 38.2 Å². The molecule has 1 aromatic carbocycles. The molecular weight excluding hydrogens is 236 g/mol. The van der Waals surface area contributed by atoms with Crippen molar-refractivity contribution in [2.75, 3.05) is 6.61 Å². The van der Waals surface area contributed by atoms with E-state index in [-0.39, 0.29) is 12.0 Å². The fraction of sp³-hybridized carbons (Fsp3) is 0.562. The Bertz CT molecular complexity index is 432. The van der Waals surface area contributed by atoms with Crippen molar-refractivity contribution in [1.29, 1.82) is 5.26 Å². The highest BCUT2D eigenvalue weighted by molar-refractivity contribution is 5.36. The van der Waals surface area contributed by atoms with Crippen LogP contribution in [0.2, 0.25) is 0 Å². The fourth-order valence-corrected chi connectivity index (χ4v) is 2.93. The Kier molecular flexibility index (Phi) is 4.57. The van der Waals surface area contributed by atoms with Crippen LogP contribution in [0.1, 0.15) is 38.2 Å². The summed E-state index contributed by atoms with van der Waals surface area (Å²) >= 11 is 0. The average Bonchev–Trinajstić information content (AvgIpc) is 2.41. The van der Waals surface area contributed by atoms with Gasteiger partial charge in [-0.2, -0.15) is 5.26 Å². The average molecular weight is 258 g/mol.